The van der Waals surface area contributed by atoms with Crippen molar-refractivity contribution in [2.45, 2.75) is 44.0 Å². The second-order valence-electron chi connectivity index (χ2n) is 5.66. The molecule has 1 aromatic carbocycles. The number of allylic oxidation sites excluding steroid dienone is 1. The minimum atomic E-state index is -0.661. The number of hydrogen-bond acceptors (Lipinski definition) is 3. The number of rotatable bonds is 4. The van der Waals surface area contributed by atoms with E-state index < -0.39 is 5.60 Å². The summed E-state index contributed by atoms with van der Waals surface area (Å²) >= 11 is 1.39. The largest absolute Gasteiger partial charge is 0.425 e. The van der Waals surface area contributed by atoms with Gasteiger partial charge in [-0.2, -0.15) is 0 Å². The second kappa shape index (κ2) is 6.02. The lowest BCUT2D eigenvalue weighted by atomic mass is 9.77. The third kappa shape index (κ3) is 3.77. The van der Waals surface area contributed by atoms with E-state index in [1.807, 2.05) is 37.3 Å². The van der Waals surface area contributed by atoms with Crippen molar-refractivity contribution < 1.29 is 9.29 Å². The van der Waals surface area contributed by atoms with Crippen LogP contribution in [0.2, 0.25) is 0 Å². The first-order chi connectivity index (χ1) is 8.99. The first kappa shape index (κ1) is 14.5. The predicted molar refractivity (Wildman–Crippen MR) is 81.2 cm³/mol. The molecule has 0 radical (unpaired) electrons. The van der Waals surface area contributed by atoms with Gasteiger partial charge in [-0.1, -0.05) is 30.4 Å². The molecule has 0 heterocycles. The van der Waals surface area contributed by atoms with E-state index >= 15 is 0 Å². The molecule has 0 aliphatic heterocycles. The normalized spacial score (nSPS) is 30.9. The van der Waals surface area contributed by atoms with Crippen LogP contribution in [-0.4, -0.2) is 16.0 Å². The molecule has 2 rings (SSSR count). The van der Waals surface area contributed by atoms with Gasteiger partial charge in [0.15, 0.2) is 0 Å². The maximum absolute atomic E-state index is 10.5. The molecule has 3 heteroatoms. The fourth-order valence-corrected chi connectivity index (χ4v) is 3.41. The smallest absolute Gasteiger partial charge is 0.137 e. The van der Waals surface area contributed by atoms with Gasteiger partial charge in [-0.15, -0.1) is 0 Å². The average Bonchev–Trinajstić information content (AvgIpc) is 2.38. The van der Waals surface area contributed by atoms with Gasteiger partial charge in [-0.25, -0.2) is 0 Å². The van der Waals surface area contributed by atoms with Crippen LogP contribution >= 0.6 is 12.0 Å². The van der Waals surface area contributed by atoms with Gasteiger partial charge in [0, 0.05) is 0 Å². The summed E-state index contributed by atoms with van der Waals surface area (Å²) in [5, 5.41) is 10.6. The summed E-state index contributed by atoms with van der Waals surface area (Å²) in [5.41, 5.74) is 0.548. The van der Waals surface area contributed by atoms with Crippen LogP contribution in [0.1, 0.15) is 33.1 Å². The molecule has 1 N–H and O–H groups in total. The van der Waals surface area contributed by atoms with Gasteiger partial charge >= 0.3 is 0 Å². The van der Waals surface area contributed by atoms with E-state index in [0.29, 0.717) is 5.92 Å². The number of para-hydroxylation sites is 1. The molecule has 1 aliphatic carbocycles. The van der Waals surface area contributed by atoms with E-state index in [4.69, 9.17) is 4.18 Å². The van der Waals surface area contributed by atoms with Crippen LogP contribution in [0.25, 0.3) is 0 Å². The monoisotopic (exact) mass is 278 g/mol. The van der Waals surface area contributed by atoms with Crippen LogP contribution in [0.5, 0.6) is 5.75 Å². The van der Waals surface area contributed by atoms with Gasteiger partial charge in [0.1, 0.15) is 5.75 Å². The van der Waals surface area contributed by atoms with E-state index in [1.54, 1.807) is 0 Å². The molecule has 19 heavy (non-hydrogen) atoms. The molecule has 3 unspecified atom stereocenters. The molecule has 0 bridgehead atoms. The van der Waals surface area contributed by atoms with Crippen molar-refractivity contribution in [1.29, 1.82) is 0 Å². The molecule has 0 amide bonds. The third-order valence-corrected chi connectivity index (χ3v) is 5.11. The van der Waals surface area contributed by atoms with Gasteiger partial charge < -0.3 is 9.29 Å². The molecule has 1 aliphatic rings. The minimum Gasteiger partial charge on any atom is -0.425 e. The average molecular weight is 278 g/mol. The Kier molecular flexibility index (Phi) is 4.58. The highest BCUT2D eigenvalue weighted by molar-refractivity contribution is 7.95. The molecule has 3 atom stereocenters. The van der Waals surface area contributed by atoms with Gasteiger partial charge in [-0.3, -0.25) is 0 Å². The Bertz CT molecular complexity index is 428. The zero-order valence-corrected chi connectivity index (χ0v) is 12.5. The molecule has 1 aromatic rings. The van der Waals surface area contributed by atoms with E-state index in [9.17, 15) is 5.11 Å². The first-order valence-electron chi connectivity index (χ1n) is 6.75. The summed E-state index contributed by atoms with van der Waals surface area (Å²) in [7, 11) is 0. The molecule has 0 spiro atoms. The van der Waals surface area contributed by atoms with Crippen molar-refractivity contribution in [3.8, 4) is 5.75 Å². The van der Waals surface area contributed by atoms with Crippen molar-refractivity contribution in [2.24, 2.45) is 5.92 Å². The Hall–Kier alpha value is -0.930. The van der Waals surface area contributed by atoms with Crippen molar-refractivity contribution in [3.05, 3.63) is 42.5 Å². The van der Waals surface area contributed by atoms with Crippen molar-refractivity contribution >= 4 is 12.0 Å². The molecule has 1 saturated carbocycles. The van der Waals surface area contributed by atoms with Crippen molar-refractivity contribution in [3.63, 3.8) is 0 Å². The van der Waals surface area contributed by atoms with E-state index in [0.717, 1.165) is 25.0 Å². The Balaban J connectivity index is 1.97. The van der Waals surface area contributed by atoms with E-state index in [2.05, 4.69) is 13.5 Å². The van der Waals surface area contributed by atoms with Crippen LogP contribution < -0.4 is 4.18 Å². The summed E-state index contributed by atoms with van der Waals surface area (Å²) in [5.74, 6) is 1.33. The number of hydrogen-bond donors (Lipinski definition) is 1. The van der Waals surface area contributed by atoms with Gasteiger partial charge in [-0.05, 0) is 51.2 Å². The highest BCUT2D eigenvalue weighted by Crippen LogP contribution is 2.41. The minimum absolute atomic E-state index is 0.0863. The topological polar surface area (TPSA) is 29.5 Å². The Morgan fingerprint density at radius 3 is 2.74 bits per heavy atom. The molecule has 104 valence electrons. The van der Waals surface area contributed by atoms with Crippen molar-refractivity contribution in [1.82, 2.24) is 0 Å². The lowest BCUT2D eigenvalue weighted by Crippen LogP contribution is -2.43. The fraction of sp³-hybridized carbons (Fsp3) is 0.500. The van der Waals surface area contributed by atoms with Crippen LogP contribution in [0, 0.1) is 5.92 Å². The number of benzene rings is 1. The quantitative estimate of drug-likeness (QED) is 0.661. The highest BCUT2D eigenvalue weighted by Gasteiger charge is 2.40. The standard InChI is InChI=1S/C16H22O2S/c1-12(2)13-9-10-16(3,17)15(11-13)19-18-14-7-5-4-6-8-14/h4-8,13,15,17H,1,9-11H2,2-3H3. The second-order valence-corrected chi connectivity index (χ2v) is 6.58. The summed E-state index contributed by atoms with van der Waals surface area (Å²) in [6.45, 7) is 8.03. The van der Waals surface area contributed by atoms with Crippen molar-refractivity contribution in [2.75, 3.05) is 0 Å². The van der Waals surface area contributed by atoms with Crippen LogP contribution in [0.15, 0.2) is 42.5 Å². The van der Waals surface area contributed by atoms with Gasteiger partial charge in [0.2, 0.25) is 0 Å². The summed E-state index contributed by atoms with van der Waals surface area (Å²) in [6, 6.07) is 9.73. The van der Waals surface area contributed by atoms with Gasteiger partial charge in [0.05, 0.1) is 22.9 Å². The zero-order chi connectivity index (χ0) is 13.9. The molecule has 0 saturated heterocycles. The molecule has 0 aromatic heterocycles. The maximum atomic E-state index is 10.5. The summed E-state index contributed by atoms with van der Waals surface area (Å²) < 4.78 is 5.74. The summed E-state index contributed by atoms with van der Waals surface area (Å²) in [4.78, 5) is 0. The third-order valence-electron chi connectivity index (χ3n) is 3.89. The van der Waals surface area contributed by atoms with E-state index in [-0.39, 0.29) is 5.25 Å². The fourth-order valence-electron chi connectivity index (χ4n) is 2.44. The SMILES string of the molecule is C=C(C)C1CCC(C)(O)C(SOc2ccccc2)C1. The lowest BCUT2D eigenvalue weighted by Gasteiger charge is -2.39. The molecule has 1 fully saturated rings. The Morgan fingerprint density at radius 2 is 2.11 bits per heavy atom. The zero-order valence-electron chi connectivity index (χ0n) is 11.6. The first-order valence-corrected chi connectivity index (χ1v) is 7.55. The van der Waals surface area contributed by atoms with Gasteiger partial charge in [0.25, 0.3) is 0 Å². The Morgan fingerprint density at radius 1 is 1.42 bits per heavy atom. The summed E-state index contributed by atoms with van der Waals surface area (Å²) in [6.07, 6.45) is 2.75. The number of aliphatic hydroxyl groups is 1. The molecular weight excluding hydrogens is 256 g/mol. The molecule has 2 nitrogen and oxygen atoms in total. The van der Waals surface area contributed by atoms with Crippen LogP contribution in [0.3, 0.4) is 0 Å². The predicted octanol–water partition coefficient (Wildman–Crippen LogP) is 4.21. The molecular formula is C16H22O2S. The van der Waals surface area contributed by atoms with E-state index in [1.165, 1.54) is 17.6 Å². The lowest BCUT2D eigenvalue weighted by molar-refractivity contribution is 0.0183. The highest BCUT2D eigenvalue weighted by atomic mass is 32.2. The van der Waals surface area contributed by atoms with Crippen LogP contribution in [-0.2, 0) is 0 Å². The van der Waals surface area contributed by atoms with Crippen LogP contribution in [0.4, 0.5) is 0 Å². The Labute approximate surface area is 120 Å². The maximum Gasteiger partial charge on any atom is 0.137 e.